The number of amides is 1. The summed E-state index contributed by atoms with van der Waals surface area (Å²) < 4.78 is 10.3. The summed E-state index contributed by atoms with van der Waals surface area (Å²) in [7, 11) is 3.08. The van der Waals surface area contributed by atoms with Crippen molar-refractivity contribution in [2.45, 2.75) is 13.0 Å². The Kier molecular flexibility index (Phi) is 6.25. The highest BCUT2D eigenvalue weighted by atomic mass is 35.5. The summed E-state index contributed by atoms with van der Waals surface area (Å²) in [4.78, 5) is 27.0. The number of hydrogen-bond donors (Lipinski definition) is 1. The Balaban J connectivity index is 2.15. The molecule has 1 heterocycles. The van der Waals surface area contributed by atoms with Crippen molar-refractivity contribution in [3.8, 4) is 5.75 Å². The van der Waals surface area contributed by atoms with Crippen molar-refractivity contribution in [2.24, 2.45) is 0 Å². The van der Waals surface area contributed by atoms with E-state index in [2.05, 4.69) is 0 Å². The first-order chi connectivity index (χ1) is 13.9. The van der Waals surface area contributed by atoms with Crippen molar-refractivity contribution in [3.63, 3.8) is 0 Å². The molecule has 1 unspecified atom stereocenters. The molecule has 0 radical (unpaired) electrons. The van der Waals surface area contributed by atoms with Gasteiger partial charge in [-0.05, 0) is 48.4 Å². The molecule has 152 valence electrons. The number of carbonyl (C=O) groups is 2. The Hall–Kier alpha value is -2.83. The Morgan fingerprint density at radius 3 is 2.41 bits per heavy atom. The highest BCUT2D eigenvalue weighted by molar-refractivity contribution is 6.46. The summed E-state index contributed by atoms with van der Waals surface area (Å²) in [5.41, 5.74) is 1.95. The second-order valence-corrected chi connectivity index (χ2v) is 7.16. The number of aliphatic hydroxyl groups is 1. The van der Waals surface area contributed by atoms with E-state index in [9.17, 15) is 14.7 Å². The van der Waals surface area contributed by atoms with E-state index < -0.39 is 17.7 Å². The summed E-state index contributed by atoms with van der Waals surface area (Å²) in [6.45, 7) is 2.31. The molecule has 1 aliphatic heterocycles. The van der Waals surface area contributed by atoms with Crippen LogP contribution in [-0.2, 0) is 14.3 Å². The molecule has 0 saturated carbocycles. The van der Waals surface area contributed by atoms with Crippen molar-refractivity contribution < 1.29 is 24.2 Å². The number of methoxy groups -OCH3 is 2. The summed E-state index contributed by atoms with van der Waals surface area (Å²) in [5.74, 6) is -0.967. The van der Waals surface area contributed by atoms with E-state index in [1.807, 2.05) is 6.92 Å². The van der Waals surface area contributed by atoms with Gasteiger partial charge in [0.25, 0.3) is 11.7 Å². The summed E-state index contributed by atoms with van der Waals surface area (Å²) >= 11 is 6.00. The van der Waals surface area contributed by atoms with Crippen LogP contribution in [0.25, 0.3) is 5.76 Å². The maximum absolute atomic E-state index is 12.9. The predicted molar refractivity (Wildman–Crippen MR) is 110 cm³/mol. The number of Topliss-reactive ketones (excluding diaryl/α,β-unsaturated/α-hetero) is 1. The van der Waals surface area contributed by atoms with Crippen LogP contribution < -0.4 is 4.74 Å². The molecule has 1 aliphatic rings. The highest BCUT2D eigenvalue weighted by Crippen LogP contribution is 2.39. The monoisotopic (exact) mass is 415 g/mol. The SMILES string of the molecule is COCCN1C(=O)C(=O)C(=C(O)c2ccc(OC)c(C)c2)C1c1ccc(Cl)cc1. The lowest BCUT2D eigenvalue weighted by Gasteiger charge is -2.25. The van der Waals surface area contributed by atoms with E-state index >= 15 is 0 Å². The highest BCUT2D eigenvalue weighted by Gasteiger charge is 2.45. The molecule has 1 fully saturated rings. The van der Waals surface area contributed by atoms with Gasteiger partial charge in [-0.25, -0.2) is 0 Å². The molecule has 0 aromatic heterocycles. The standard InChI is InChI=1S/C22H22ClNO5/c1-13-12-15(6-9-17(13)29-3)20(25)18-19(14-4-7-16(23)8-5-14)24(10-11-28-2)22(27)21(18)26/h4-9,12,19,25H,10-11H2,1-3H3. The smallest absolute Gasteiger partial charge is 0.295 e. The van der Waals surface area contributed by atoms with Crippen LogP contribution in [0, 0.1) is 6.92 Å². The van der Waals surface area contributed by atoms with Gasteiger partial charge in [-0.3, -0.25) is 9.59 Å². The number of benzene rings is 2. The number of hydrogen-bond acceptors (Lipinski definition) is 5. The maximum Gasteiger partial charge on any atom is 0.295 e. The first-order valence-electron chi connectivity index (χ1n) is 9.06. The Labute approximate surface area is 174 Å². The van der Waals surface area contributed by atoms with Gasteiger partial charge in [0.15, 0.2) is 0 Å². The van der Waals surface area contributed by atoms with Crippen LogP contribution in [0.4, 0.5) is 0 Å². The van der Waals surface area contributed by atoms with Crippen LogP contribution in [0.3, 0.4) is 0 Å². The van der Waals surface area contributed by atoms with Crippen LogP contribution in [0.15, 0.2) is 48.0 Å². The van der Waals surface area contributed by atoms with Crippen molar-refractivity contribution in [2.75, 3.05) is 27.4 Å². The molecule has 0 aliphatic carbocycles. The van der Waals surface area contributed by atoms with Crippen molar-refractivity contribution in [1.82, 2.24) is 4.90 Å². The topological polar surface area (TPSA) is 76.1 Å². The minimum Gasteiger partial charge on any atom is -0.507 e. The summed E-state index contributed by atoms with van der Waals surface area (Å²) in [6, 6.07) is 11.2. The first-order valence-corrected chi connectivity index (χ1v) is 9.44. The van der Waals surface area contributed by atoms with E-state index in [0.29, 0.717) is 21.9 Å². The van der Waals surface area contributed by atoms with Gasteiger partial charge in [0.05, 0.1) is 25.3 Å². The third kappa shape index (κ3) is 3.99. The molecule has 0 bridgehead atoms. The van der Waals surface area contributed by atoms with Gasteiger partial charge in [0.2, 0.25) is 0 Å². The molecule has 0 spiro atoms. The largest absolute Gasteiger partial charge is 0.507 e. The fourth-order valence-electron chi connectivity index (χ4n) is 3.47. The molecular formula is C22H22ClNO5. The zero-order valence-corrected chi connectivity index (χ0v) is 17.2. The van der Waals surface area contributed by atoms with Crippen LogP contribution >= 0.6 is 11.6 Å². The van der Waals surface area contributed by atoms with Gasteiger partial charge in [0, 0.05) is 24.2 Å². The maximum atomic E-state index is 12.9. The van der Waals surface area contributed by atoms with Crippen molar-refractivity contribution in [1.29, 1.82) is 0 Å². The second kappa shape index (κ2) is 8.68. The molecule has 29 heavy (non-hydrogen) atoms. The summed E-state index contributed by atoms with van der Waals surface area (Å²) in [6.07, 6.45) is 0. The molecule has 7 heteroatoms. The number of halogens is 1. The molecule has 2 aromatic carbocycles. The molecule has 1 amide bonds. The Bertz CT molecular complexity index is 968. The number of rotatable bonds is 6. The molecule has 3 rings (SSSR count). The molecule has 1 saturated heterocycles. The average Bonchev–Trinajstić information content (AvgIpc) is 2.96. The summed E-state index contributed by atoms with van der Waals surface area (Å²) in [5, 5.41) is 11.5. The quantitative estimate of drug-likeness (QED) is 0.442. The average molecular weight is 416 g/mol. The van der Waals surface area contributed by atoms with Gasteiger partial charge in [0.1, 0.15) is 11.5 Å². The Morgan fingerprint density at radius 1 is 1.14 bits per heavy atom. The van der Waals surface area contributed by atoms with Crippen LogP contribution in [0.2, 0.25) is 5.02 Å². The minimum absolute atomic E-state index is 0.0398. The van der Waals surface area contributed by atoms with Gasteiger partial charge in [-0.15, -0.1) is 0 Å². The van der Waals surface area contributed by atoms with Crippen LogP contribution in [0.1, 0.15) is 22.7 Å². The molecule has 6 nitrogen and oxygen atoms in total. The van der Waals surface area contributed by atoms with Gasteiger partial charge < -0.3 is 19.5 Å². The minimum atomic E-state index is -0.732. The second-order valence-electron chi connectivity index (χ2n) is 6.72. The number of aliphatic hydroxyl groups excluding tert-OH is 1. The third-order valence-electron chi connectivity index (χ3n) is 4.93. The predicted octanol–water partition coefficient (Wildman–Crippen LogP) is 3.73. The van der Waals surface area contributed by atoms with Crippen LogP contribution in [0.5, 0.6) is 5.75 Å². The van der Waals surface area contributed by atoms with Gasteiger partial charge >= 0.3 is 0 Å². The molecular weight excluding hydrogens is 394 g/mol. The number of nitrogens with zero attached hydrogens (tertiary/aromatic N) is 1. The molecule has 2 aromatic rings. The first kappa shape index (κ1) is 20.9. The fraction of sp³-hybridized carbons (Fsp3) is 0.273. The molecule has 1 atom stereocenters. The lowest BCUT2D eigenvalue weighted by atomic mass is 9.95. The van der Waals surface area contributed by atoms with E-state index in [-0.39, 0.29) is 24.5 Å². The number of aryl methyl sites for hydroxylation is 1. The van der Waals surface area contributed by atoms with Gasteiger partial charge in [-0.2, -0.15) is 0 Å². The van der Waals surface area contributed by atoms with E-state index in [0.717, 1.165) is 5.56 Å². The number of ketones is 1. The van der Waals surface area contributed by atoms with Crippen LogP contribution in [-0.4, -0.2) is 49.1 Å². The number of likely N-dealkylation sites (tertiary alicyclic amines) is 1. The number of ether oxygens (including phenoxy) is 2. The van der Waals surface area contributed by atoms with Crippen molar-refractivity contribution in [3.05, 3.63) is 69.8 Å². The zero-order chi connectivity index (χ0) is 21.1. The van der Waals surface area contributed by atoms with E-state index in [4.69, 9.17) is 21.1 Å². The fourth-order valence-corrected chi connectivity index (χ4v) is 3.60. The lowest BCUT2D eigenvalue weighted by Crippen LogP contribution is -2.32. The number of carbonyl (C=O) groups excluding carboxylic acids is 2. The van der Waals surface area contributed by atoms with Crippen molar-refractivity contribution >= 4 is 29.1 Å². The van der Waals surface area contributed by atoms with E-state index in [1.165, 1.54) is 12.0 Å². The lowest BCUT2D eigenvalue weighted by molar-refractivity contribution is -0.140. The molecule has 1 N–H and O–H groups in total. The Morgan fingerprint density at radius 2 is 1.83 bits per heavy atom. The van der Waals surface area contributed by atoms with E-state index in [1.54, 1.807) is 49.6 Å². The normalized spacial score (nSPS) is 18.3. The zero-order valence-electron chi connectivity index (χ0n) is 16.4. The van der Waals surface area contributed by atoms with Gasteiger partial charge in [-0.1, -0.05) is 23.7 Å². The third-order valence-corrected chi connectivity index (χ3v) is 5.18.